The Bertz CT molecular complexity index is 176. The summed E-state index contributed by atoms with van der Waals surface area (Å²) in [7, 11) is 0. The van der Waals surface area contributed by atoms with Crippen LogP contribution in [-0.4, -0.2) is 24.3 Å². The van der Waals surface area contributed by atoms with E-state index < -0.39 is 5.97 Å². The summed E-state index contributed by atoms with van der Waals surface area (Å²) in [6.45, 7) is 0.745. The first-order valence-corrected chi connectivity index (χ1v) is 3.18. The van der Waals surface area contributed by atoms with E-state index in [-0.39, 0.29) is 6.61 Å². The number of terminal acetylenes is 1. The van der Waals surface area contributed by atoms with Crippen molar-refractivity contribution in [3.8, 4) is 12.3 Å². The van der Waals surface area contributed by atoms with Crippen molar-refractivity contribution in [2.45, 2.75) is 6.42 Å². The molecule has 0 bridgehead atoms. The van der Waals surface area contributed by atoms with Crippen LogP contribution in [0.1, 0.15) is 6.42 Å². The zero-order chi connectivity index (χ0) is 8.53. The van der Waals surface area contributed by atoms with Crippen LogP contribution < -0.4 is 0 Å². The Morgan fingerprint density at radius 1 is 1.73 bits per heavy atom. The zero-order valence-electron chi connectivity index (χ0n) is 6.12. The number of carboxylic acids is 1. The number of hydrogen-bond acceptors (Lipinski definition) is 2. The van der Waals surface area contributed by atoms with Gasteiger partial charge >= 0.3 is 5.97 Å². The molecule has 0 aromatic heterocycles. The van der Waals surface area contributed by atoms with E-state index in [0.29, 0.717) is 13.0 Å². The van der Waals surface area contributed by atoms with Crippen molar-refractivity contribution in [1.29, 1.82) is 0 Å². The van der Waals surface area contributed by atoms with Crippen molar-refractivity contribution in [1.82, 2.24) is 0 Å². The van der Waals surface area contributed by atoms with Gasteiger partial charge < -0.3 is 9.84 Å². The van der Waals surface area contributed by atoms with Gasteiger partial charge in [0.2, 0.25) is 0 Å². The quantitative estimate of drug-likeness (QED) is 0.359. The molecule has 11 heavy (non-hydrogen) atoms. The van der Waals surface area contributed by atoms with Crippen LogP contribution in [0, 0.1) is 12.3 Å². The Kier molecular flexibility index (Phi) is 6.05. The van der Waals surface area contributed by atoms with Crippen molar-refractivity contribution in [2.24, 2.45) is 0 Å². The maximum atomic E-state index is 9.93. The van der Waals surface area contributed by atoms with Gasteiger partial charge in [0.25, 0.3) is 0 Å². The molecule has 60 valence electrons. The summed E-state index contributed by atoms with van der Waals surface area (Å²) >= 11 is 0. The first-order valence-electron chi connectivity index (χ1n) is 3.18. The van der Waals surface area contributed by atoms with Gasteiger partial charge in [0.1, 0.15) is 6.61 Å². The summed E-state index contributed by atoms with van der Waals surface area (Å²) in [5.41, 5.74) is 0. The second kappa shape index (κ2) is 6.84. The molecule has 0 saturated carbocycles. The summed E-state index contributed by atoms with van der Waals surface area (Å²) in [4.78, 5) is 9.93. The maximum Gasteiger partial charge on any atom is 0.327 e. The van der Waals surface area contributed by atoms with Gasteiger partial charge in [-0.1, -0.05) is 12.0 Å². The minimum Gasteiger partial charge on any atom is -0.478 e. The van der Waals surface area contributed by atoms with E-state index in [2.05, 4.69) is 5.92 Å². The molecule has 0 rings (SSSR count). The highest BCUT2D eigenvalue weighted by atomic mass is 16.5. The number of rotatable bonds is 5. The zero-order valence-corrected chi connectivity index (χ0v) is 6.12. The van der Waals surface area contributed by atoms with Crippen molar-refractivity contribution in [2.75, 3.05) is 13.2 Å². The van der Waals surface area contributed by atoms with Gasteiger partial charge in [-0.25, -0.2) is 4.79 Å². The molecule has 0 heterocycles. The van der Waals surface area contributed by atoms with E-state index in [4.69, 9.17) is 16.3 Å². The Balaban J connectivity index is 3.15. The van der Waals surface area contributed by atoms with Gasteiger partial charge in [0.15, 0.2) is 0 Å². The lowest BCUT2D eigenvalue weighted by Gasteiger charge is -1.93. The Morgan fingerprint density at radius 3 is 3.00 bits per heavy atom. The summed E-state index contributed by atoms with van der Waals surface area (Å²) in [6, 6.07) is 0. The second-order valence-electron chi connectivity index (χ2n) is 1.79. The molecule has 1 N–H and O–H groups in total. The first kappa shape index (κ1) is 9.73. The molecule has 0 amide bonds. The van der Waals surface area contributed by atoms with Crippen LogP contribution in [0.3, 0.4) is 0 Å². The van der Waals surface area contributed by atoms with Crippen LogP contribution in [0.15, 0.2) is 12.2 Å². The van der Waals surface area contributed by atoms with Gasteiger partial charge in [0.05, 0.1) is 6.61 Å². The highest BCUT2D eigenvalue weighted by molar-refractivity contribution is 5.79. The van der Waals surface area contributed by atoms with E-state index in [0.717, 1.165) is 6.08 Å². The van der Waals surface area contributed by atoms with E-state index in [1.807, 2.05) is 0 Å². The van der Waals surface area contributed by atoms with Crippen LogP contribution in [0.25, 0.3) is 0 Å². The Morgan fingerprint density at radius 2 is 2.45 bits per heavy atom. The average Bonchev–Trinajstić information content (AvgIpc) is 1.96. The van der Waals surface area contributed by atoms with Crippen LogP contribution >= 0.6 is 0 Å². The minimum atomic E-state index is -0.943. The lowest BCUT2D eigenvalue weighted by molar-refractivity contribution is -0.131. The fourth-order valence-corrected chi connectivity index (χ4v) is 0.467. The molecule has 0 radical (unpaired) electrons. The minimum absolute atomic E-state index is 0.279. The fourth-order valence-electron chi connectivity index (χ4n) is 0.467. The van der Waals surface area contributed by atoms with Gasteiger partial charge in [-0.3, -0.25) is 0 Å². The third-order valence-corrected chi connectivity index (χ3v) is 0.875. The molecular formula is C8H10O3. The summed E-state index contributed by atoms with van der Waals surface area (Å²) in [5.74, 6) is 1.36. The van der Waals surface area contributed by atoms with Crippen molar-refractivity contribution >= 4 is 5.97 Å². The normalized spacial score (nSPS) is 9.73. The second-order valence-corrected chi connectivity index (χ2v) is 1.79. The molecule has 0 spiro atoms. The number of ether oxygens (including phenoxy) is 1. The molecule has 0 saturated heterocycles. The Labute approximate surface area is 65.7 Å². The molecule has 0 aliphatic heterocycles. The molecule has 0 aliphatic rings. The van der Waals surface area contributed by atoms with E-state index >= 15 is 0 Å². The molecule has 3 heteroatoms. The molecule has 0 aromatic carbocycles. The first-order chi connectivity index (χ1) is 5.27. The van der Waals surface area contributed by atoms with Crippen LogP contribution in [0.2, 0.25) is 0 Å². The lowest BCUT2D eigenvalue weighted by Crippen LogP contribution is -1.93. The summed E-state index contributed by atoms with van der Waals surface area (Å²) in [6.07, 6.45) is 8.09. The number of carboxylic acid groups (broad SMARTS) is 1. The Hall–Kier alpha value is -1.27. The number of carbonyl (C=O) groups is 1. The van der Waals surface area contributed by atoms with Gasteiger partial charge in [0, 0.05) is 6.08 Å². The summed E-state index contributed by atoms with van der Waals surface area (Å²) in [5, 5.41) is 8.16. The van der Waals surface area contributed by atoms with E-state index in [9.17, 15) is 4.79 Å². The van der Waals surface area contributed by atoms with Crippen LogP contribution in [-0.2, 0) is 9.53 Å². The van der Waals surface area contributed by atoms with Crippen molar-refractivity contribution in [3.63, 3.8) is 0 Å². The van der Waals surface area contributed by atoms with Gasteiger partial charge in [-0.05, 0) is 6.42 Å². The highest BCUT2D eigenvalue weighted by Crippen LogP contribution is 1.84. The predicted octanol–water partition coefficient (Wildman–Crippen LogP) is 0.667. The molecule has 0 aliphatic carbocycles. The van der Waals surface area contributed by atoms with Crippen molar-refractivity contribution < 1.29 is 14.6 Å². The average molecular weight is 154 g/mol. The standard InChI is InChI=1S/C8H10O3/c1-2-6-11-7-4-3-5-8(9)10/h1,3,5H,4,6-7H2,(H,9,10)/b5-3+. The van der Waals surface area contributed by atoms with Gasteiger partial charge in [-0.2, -0.15) is 0 Å². The topological polar surface area (TPSA) is 46.5 Å². The monoisotopic (exact) mass is 154 g/mol. The fraction of sp³-hybridized carbons (Fsp3) is 0.375. The molecule has 0 fully saturated rings. The van der Waals surface area contributed by atoms with E-state index in [1.54, 1.807) is 0 Å². The molecule has 0 aromatic rings. The number of aliphatic carboxylic acids is 1. The molecular weight excluding hydrogens is 144 g/mol. The third-order valence-electron chi connectivity index (χ3n) is 0.875. The number of hydrogen-bond donors (Lipinski definition) is 1. The SMILES string of the molecule is C#CCOCC/C=C/C(=O)O. The molecule has 0 unspecified atom stereocenters. The largest absolute Gasteiger partial charge is 0.478 e. The smallest absolute Gasteiger partial charge is 0.327 e. The van der Waals surface area contributed by atoms with Crippen molar-refractivity contribution in [3.05, 3.63) is 12.2 Å². The lowest BCUT2D eigenvalue weighted by atomic mass is 10.4. The highest BCUT2D eigenvalue weighted by Gasteiger charge is 1.85. The van der Waals surface area contributed by atoms with Crippen LogP contribution in [0.5, 0.6) is 0 Å². The third kappa shape index (κ3) is 8.73. The molecule has 0 atom stereocenters. The van der Waals surface area contributed by atoms with Crippen LogP contribution in [0.4, 0.5) is 0 Å². The van der Waals surface area contributed by atoms with E-state index in [1.165, 1.54) is 6.08 Å². The molecule has 3 nitrogen and oxygen atoms in total. The maximum absolute atomic E-state index is 9.93. The van der Waals surface area contributed by atoms with Gasteiger partial charge in [-0.15, -0.1) is 6.42 Å². The predicted molar refractivity (Wildman–Crippen MR) is 41.0 cm³/mol. The summed E-state index contributed by atoms with van der Waals surface area (Å²) < 4.78 is 4.88.